The summed E-state index contributed by atoms with van der Waals surface area (Å²) in [6.45, 7) is 8.55. The van der Waals surface area contributed by atoms with Crippen LogP contribution in [-0.2, 0) is 0 Å². The van der Waals surface area contributed by atoms with Gasteiger partial charge >= 0.3 is 0 Å². The Bertz CT molecular complexity index is 776. The highest BCUT2D eigenvalue weighted by Gasteiger charge is 2.28. The van der Waals surface area contributed by atoms with E-state index in [2.05, 4.69) is 29.6 Å². The molecule has 2 heterocycles. The number of carbonyl (C=O) groups is 1. The molecule has 6 nitrogen and oxygen atoms in total. The van der Waals surface area contributed by atoms with Gasteiger partial charge in [0.05, 0.1) is 11.1 Å². The number of hydrogen-bond donors (Lipinski definition) is 3. The van der Waals surface area contributed by atoms with E-state index >= 15 is 0 Å². The molecule has 1 aliphatic rings. The van der Waals surface area contributed by atoms with Gasteiger partial charge in [0.2, 0.25) is 0 Å². The van der Waals surface area contributed by atoms with Crippen LogP contribution in [0.2, 0.25) is 0 Å². The highest BCUT2D eigenvalue weighted by molar-refractivity contribution is 6.05. The molecule has 1 aliphatic heterocycles. The first-order valence-electron chi connectivity index (χ1n) is 9.48. The van der Waals surface area contributed by atoms with Crippen molar-refractivity contribution in [3.63, 3.8) is 0 Å². The molecular formula is C20H30N4O2. The third kappa shape index (κ3) is 4.24. The second-order valence-corrected chi connectivity index (χ2v) is 8.27. The van der Waals surface area contributed by atoms with Gasteiger partial charge in [-0.05, 0) is 53.0 Å². The molecule has 1 saturated heterocycles. The Morgan fingerprint density at radius 3 is 2.85 bits per heavy atom. The lowest BCUT2D eigenvalue weighted by Gasteiger charge is -2.19. The van der Waals surface area contributed by atoms with Crippen LogP contribution < -0.4 is 10.6 Å². The normalized spacial score (nSPS) is 20.8. The molecule has 0 saturated carbocycles. The summed E-state index contributed by atoms with van der Waals surface area (Å²) in [5.74, 6) is -0.115. The Morgan fingerprint density at radius 2 is 2.15 bits per heavy atom. The van der Waals surface area contributed by atoms with Gasteiger partial charge in [0, 0.05) is 30.1 Å². The zero-order valence-corrected chi connectivity index (χ0v) is 16.1. The van der Waals surface area contributed by atoms with Crippen LogP contribution in [0.15, 0.2) is 24.3 Å². The zero-order valence-electron chi connectivity index (χ0n) is 16.1. The molecule has 26 heavy (non-hydrogen) atoms. The highest BCUT2D eigenvalue weighted by atomic mass is 16.3. The number of nitrogens with one attached hydrogen (secondary N) is 2. The maximum Gasteiger partial charge on any atom is 0.272 e. The molecule has 6 heteroatoms. The van der Waals surface area contributed by atoms with Gasteiger partial charge in [0.25, 0.3) is 5.91 Å². The largest absolute Gasteiger partial charge is 0.390 e. The summed E-state index contributed by atoms with van der Waals surface area (Å²) in [4.78, 5) is 12.8. The fourth-order valence-corrected chi connectivity index (χ4v) is 3.58. The molecule has 1 amide bonds. The van der Waals surface area contributed by atoms with E-state index in [1.54, 1.807) is 0 Å². The van der Waals surface area contributed by atoms with Crippen LogP contribution in [0.3, 0.4) is 0 Å². The molecule has 1 fully saturated rings. The summed E-state index contributed by atoms with van der Waals surface area (Å²) >= 11 is 0. The average Bonchev–Trinajstić information content (AvgIpc) is 3.16. The van der Waals surface area contributed by atoms with Crippen molar-refractivity contribution in [1.29, 1.82) is 0 Å². The Morgan fingerprint density at radius 1 is 1.42 bits per heavy atom. The summed E-state index contributed by atoms with van der Waals surface area (Å²) in [7, 11) is 0. The molecule has 0 radical (unpaired) electrons. The molecule has 2 atom stereocenters. The van der Waals surface area contributed by atoms with Crippen LogP contribution in [0.25, 0.3) is 10.9 Å². The number of fused-ring (bicyclic) bond motifs is 1. The summed E-state index contributed by atoms with van der Waals surface area (Å²) < 4.78 is 1.91. The second-order valence-electron chi connectivity index (χ2n) is 8.27. The number of benzene rings is 1. The lowest BCUT2D eigenvalue weighted by Crippen LogP contribution is -2.36. The monoisotopic (exact) mass is 358 g/mol. The maximum atomic E-state index is 12.8. The van der Waals surface area contributed by atoms with Crippen LogP contribution in [0.1, 0.15) is 63.5 Å². The standard InChI is InChI=1S/C20H30N4O2/c1-13(2)24-17-8-6-5-7-16(17)18(23-24)19(25)22-15-11-14(21-12-15)9-10-20(3,4)26/h5-8,13-15,21,26H,9-12H2,1-4H3,(H,22,25)/t14-,15-/m0/s1. The molecule has 1 aromatic heterocycles. The zero-order chi connectivity index (χ0) is 18.9. The van der Waals surface area contributed by atoms with E-state index in [0.717, 1.165) is 36.7 Å². The minimum Gasteiger partial charge on any atom is -0.390 e. The topological polar surface area (TPSA) is 79.2 Å². The third-order valence-corrected chi connectivity index (χ3v) is 4.98. The van der Waals surface area contributed by atoms with Gasteiger partial charge in [0.1, 0.15) is 0 Å². The van der Waals surface area contributed by atoms with Crippen molar-refractivity contribution in [2.75, 3.05) is 6.54 Å². The van der Waals surface area contributed by atoms with E-state index < -0.39 is 5.60 Å². The van der Waals surface area contributed by atoms with Gasteiger partial charge < -0.3 is 15.7 Å². The number of hydrogen-bond acceptors (Lipinski definition) is 4. The van der Waals surface area contributed by atoms with Gasteiger partial charge in [0.15, 0.2) is 5.69 Å². The molecule has 0 bridgehead atoms. The minimum absolute atomic E-state index is 0.0947. The van der Waals surface area contributed by atoms with Gasteiger partial charge in [-0.2, -0.15) is 5.10 Å². The molecule has 0 aliphatic carbocycles. The minimum atomic E-state index is -0.647. The van der Waals surface area contributed by atoms with Gasteiger partial charge in [-0.25, -0.2) is 0 Å². The summed E-state index contributed by atoms with van der Waals surface area (Å²) in [5, 5.41) is 21.9. The third-order valence-electron chi connectivity index (χ3n) is 4.98. The first kappa shape index (κ1) is 18.9. The highest BCUT2D eigenvalue weighted by Crippen LogP contribution is 2.22. The summed E-state index contributed by atoms with van der Waals surface area (Å²) in [6.07, 6.45) is 2.53. The first-order valence-corrected chi connectivity index (χ1v) is 9.48. The lowest BCUT2D eigenvalue weighted by atomic mass is 9.98. The first-order chi connectivity index (χ1) is 12.2. The smallest absolute Gasteiger partial charge is 0.272 e. The fraction of sp³-hybridized carbons (Fsp3) is 0.600. The summed E-state index contributed by atoms with van der Waals surface area (Å²) in [6, 6.07) is 8.49. The Kier molecular flexibility index (Phi) is 5.34. The maximum absolute atomic E-state index is 12.8. The number of aliphatic hydroxyl groups is 1. The molecule has 2 aromatic rings. The van der Waals surface area contributed by atoms with Crippen LogP contribution in [0, 0.1) is 0 Å². The quantitative estimate of drug-likeness (QED) is 0.742. The van der Waals surface area contributed by atoms with E-state index in [0.29, 0.717) is 11.7 Å². The lowest BCUT2D eigenvalue weighted by molar-refractivity contribution is 0.0659. The van der Waals surface area contributed by atoms with Crippen molar-refractivity contribution in [2.24, 2.45) is 0 Å². The van der Waals surface area contributed by atoms with Crippen molar-refractivity contribution in [3.05, 3.63) is 30.0 Å². The number of rotatable bonds is 6. The van der Waals surface area contributed by atoms with Crippen LogP contribution in [0.4, 0.5) is 0 Å². The Balaban J connectivity index is 1.67. The SMILES string of the molecule is CC(C)n1nc(C(=O)N[C@@H]2CN[C@@H](CCC(C)(C)O)C2)c2ccccc21. The molecule has 3 N–H and O–H groups in total. The Hall–Kier alpha value is -1.92. The van der Waals surface area contributed by atoms with Crippen LogP contribution in [0.5, 0.6) is 0 Å². The van der Waals surface area contributed by atoms with E-state index in [9.17, 15) is 9.90 Å². The molecule has 0 spiro atoms. The van der Waals surface area contributed by atoms with Crippen molar-refractivity contribution in [1.82, 2.24) is 20.4 Å². The molecule has 1 aromatic carbocycles. The van der Waals surface area contributed by atoms with E-state index in [1.165, 1.54) is 0 Å². The number of para-hydroxylation sites is 1. The van der Waals surface area contributed by atoms with Gasteiger partial charge in [-0.1, -0.05) is 18.2 Å². The second kappa shape index (κ2) is 7.37. The van der Waals surface area contributed by atoms with E-state index in [4.69, 9.17) is 0 Å². The van der Waals surface area contributed by atoms with E-state index in [-0.39, 0.29) is 18.0 Å². The molecule has 142 valence electrons. The number of nitrogens with zero attached hydrogens (tertiary/aromatic N) is 2. The van der Waals surface area contributed by atoms with Crippen molar-refractivity contribution < 1.29 is 9.90 Å². The molecular weight excluding hydrogens is 328 g/mol. The molecule has 0 unspecified atom stereocenters. The number of aromatic nitrogens is 2. The predicted molar refractivity (Wildman–Crippen MR) is 103 cm³/mol. The van der Waals surface area contributed by atoms with E-state index in [1.807, 2.05) is 42.8 Å². The number of carbonyl (C=O) groups excluding carboxylic acids is 1. The average molecular weight is 358 g/mol. The van der Waals surface area contributed by atoms with Crippen molar-refractivity contribution in [2.45, 2.75) is 70.7 Å². The predicted octanol–water partition coefficient (Wildman–Crippen LogP) is 2.63. The van der Waals surface area contributed by atoms with Crippen LogP contribution in [-0.4, -0.2) is 45.0 Å². The van der Waals surface area contributed by atoms with Crippen molar-refractivity contribution in [3.8, 4) is 0 Å². The van der Waals surface area contributed by atoms with Gasteiger partial charge in [-0.3, -0.25) is 9.48 Å². The molecule has 3 rings (SSSR count). The number of amides is 1. The Labute approximate surface area is 155 Å². The van der Waals surface area contributed by atoms with Gasteiger partial charge in [-0.15, -0.1) is 0 Å². The van der Waals surface area contributed by atoms with Crippen molar-refractivity contribution >= 4 is 16.8 Å². The fourth-order valence-electron chi connectivity index (χ4n) is 3.58. The summed E-state index contributed by atoms with van der Waals surface area (Å²) in [5.41, 5.74) is 0.834. The van der Waals surface area contributed by atoms with Crippen LogP contribution >= 0.6 is 0 Å².